The Balaban J connectivity index is 2.07. The monoisotopic (exact) mass is 374 g/mol. The number of benzene rings is 1. The average molecular weight is 376 g/mol. The molecule has 0 saturated carbocycles. The summed E-state index contributed by atoms with van der Waals surface area (Å²) in [6.07, 6.45) is 1.76. The highest BCUT2D eigenvalue weighted by Crippen LogP contribution is 2.24. The molecule has 2 rings (SSSR count). The molecule has 1 N–H and O–H groups in total. The van der Waals surface area contributed by atoms with Crippen molar-refractivity contribution in [1.82, 2.24) is 4.98 Å². The summed E-state index contributed by atoms with van der Waals surface area (Å²) in [6, 6.07) is 9.70. The van der Waals surface area contributed by atoms with Gasteiger partial charge in [-0.3, -0.25) is 0 Å². The number of nitrogens with zero attached hydrogens (tertiary/aromatic N) is 1. The molecule has 0 radical (unpaired) electrons. The van der Waals surface area contributed by atoms with Gasteiger partial charge in [0.05, 0.1) is 4.47 Å². The maximum Gasteiger partial charge on any atom is 0.140 e. The zero-order valence-corrected chi connectivity index (χ0v) is 12.7. The van der Waals surface area contributed by atoms with Crippen LogP contribution in [-0.2, 0) is 6.54 Å². The summed E-state index contributed by atoms with van der Waals surface area (Å²) in [5.74, 6) is 0.813. The zero-order valence-electron chi connectivity index (χ0n) is 8.75. The molecule has 0 saturated heterocycles. The molecule has 0 amide bonds. The molecule has 2 nitrogen and oxygen atoms in total. The number of nitrogens with one attached hydrogen (secondary N) is 1. The van der Waals surface area contributed by atoms with Gasteiger partial charge in [-0.2, -0.15) is 0 Å². The van der Waals surface area contributed by atoms with Crippen molar-refractivity contribution in [3.8, 4) is 0 Å². The minimum Gasteiger partial charge on any atom is -0.365 e. The molecular formula is C12H9Br2ClN2. The highest BCUT2D eigenvalue weighted by Gasteiger charge is 2.02. The van der Waals surface area contributed by atoms with Gasteiger partial charge in [0, 0.05) is 22.2 Å². The second-order valence-electron chi connectivity index (χ2n) is 3.47. The smallest absolute Gasteiger partial charge is 0.140 e. The van der Waals surface area contributed by atoms with Gasteiger partial charge in [-0.15, -0.1) is 0 Å². The summed E-state index contributed by atoms with van der Waals surface area (Å²) < 4.78 is 1.87. The minimum atomic E-state index is 0.688. The Labute approximate surface area is 122 Å². The van der Waals surface area contributed by atoms with E-state index in [1.165, 1.54) is 0 Å². The Morgan fingerprint density at radius 3 is 2.76 bits per heavy atom. The highest BCUT2D eigenvalue weighted by molar-refractivity contribution is 9.11. The minimum absolute atomic E-state index is 0.688. The van der Waals surface area contributed by atoms with Gasteiger partial charge >= 0.3 is 0 Å². The van der Waals surface area contributed by atoms with Gasteiger partial charge in [-0.25, -0.2) is 4.98 Å². The number of hydrogen-bond acceptors (Lipinski definition) is 2. The molecule has 0 atom stereocenters. The molecule has 0 spiro atoms. The van der Waals surface area contributed by atoms with Crippen molar-refractivity contribution in [1.29, 1.82) is 0 Å². The molecule has 88 valence electrons. The van der Waals surface area contributed by atoms with E-state index in [-0.39, 0.29) is 0 Å². The first kappa shape index (κ1) is 12.9. The fourth-order valence-electron chi connectivity index (χ4n) is 1.38. The van der Waals surface area contributed by atoms with Crippen molar-refractivity contribution in [2.24, 2.45) is 0 Å². The van der Waals surface area contributed by atoms with Crippen LogP contribution in [0.4, 0.5) is 5.82 Å². The summed E-state index contributed by atoms with van der Waals surface area (Å²) in [6.45, 7) is 0.688. The summed E-state index contributed by atoms with van der Waals surface area (Å²) in [4.78, 5) is 4.28. The van der Waals surface area contributed by atoms with Gasteiger partial charge in [0.15, 0.2) is 0 Å². The summed E-state index contributed by atoms with van der Waals surface area (Å²) in [7, 11) is 0. The molecule has 0 aliphatic rings. The topological polar surface area (TPSA) is 24.9 Å². The molecule has 1 heterocycles. The number of anilines is 1. The Bertz CT molecular complexity index is 532. The van der Waals surface area contributed by atoms with Gasteiger partial charge in [0.25, 0.3) is 0 Å². The van der Waals surface area contributed by atoms with Crippen molar-refractivity contribution in [3.63, 3.8) is 0 Å². The van der Waals surface area contributed by atoms with Crippen molar-refractivity contribution >= 4 is 49.3 Å². The fourth-order valence-corrected chi connectivity index (χ4v) is 2.72. The normalized spacial score (nSPS) is 10.3. The SMILES string of the molecule is Clc1cccc(CNc2ncc(Br)cc2Br)c1. The molecule has 0 unspecified atom stereocenters. The third-order valence-electron chi connectivity index (χ3n) is 2.16. The van der Waals surface area contributed by atoms with E-state index in [1.807, 2.05) is 30.3 Å². The number of aromatic nitrogens is 1. The second kappa shape index (κ2) is 5.85. The number of halogens is 3. The first-order valence-corrected chi connectivity index (χ1v) is 6.91. The maximum absolute atomic E-state index is 5.92. The van der Waals surface area contributed by atoms with Crippen molar-refractivity contribution in [3.05, 3.63) is 56.1 Å². The standard InChI is InChI=1S/C12H9Br2ClN2/c13-9-5-11(14)12(17-7-9)16-6-8-2-1-3-10(15)4-8/h1-5,7H,6H2,(H,16,17). The lowest BCUT2D eigenvalue weighted by Gasteiger charge is -2.08. The van der Waals surface area contributed by atoms with Crippen LogP contribution in [-0.4, -0.2) is 4.98 Å². The molecule has 0 aliphatic carbocycles. The summed E-state index contributed by atoms with van der Waals surface area (Å²) in [5.41, 5.74) is 1.12. The van der Waals surface area contributed by atoms with Gasteiger partial charge in [0.2, 0.25) is 0 Å². The largest absolute Gasteiger partial charge is 0.365 e. The summed E-state index contributed by atoms with van der Waals surface area (Å²) in [5, 5.41) is 3.99. The van der Waals surface area contributed by atoms with E-state index in [2.05, 4.69) is 42.2 Å². The van der Waals surface area contributed by atoms with E-state index in [9.17, 15) is 0 Å². The third kappa shape index (κ3) is 3.69. The molecule has 17 heavy (non-hydrogen) atoms. The highest BCUT2D eigenvalue weighted by atomic mass is 79.9. The first-order chi connectivity index (χ1) is 8.15. The average Bonchev–Trinajstić information content (AvgIpc) is 2.28. The molecule has 0 bridgehead atoms. The molecule has 5 heteroatoms. The Morgan fingerprint density at radius 2 is 2.06 bits per heavy atom. The molecular weight excluding hydrogens is 367 g/mol. The van der Waals surface area contributed by atoms with Crippen LogP contribution in [0.2, 0.25) is 5.02 Å². The van der Waals surface area contributed by atoms with Crippen LogP contribution in [0.3, 0.4) is 0 Å². The fraction of sp³-hybridized carbons (Fsp3) is 0.0833. The molecule has 1 aromatic heterocycles. The van der Waals surface area contributed by atoms with Crippen LogP contribution in [0.1, 0.15) is 5.56 Å². The van der Waals surface area contributed by atoms with Crippen LogP contribution in [0, 0.1) is 0 Å². The van der Waals surface area contributed by atoms with E-state index < -0.39 is 0 Å². The van der Waals surface area contributed by atoms with Gasteiger partial charge in [-0.1, -0.05) is 23.7 Å². The Kier molecular flexibility index (Phi) is 4.42. The number of hydrogen-bond donors (Lipinski definition) is 1. The van der Waals surface area contributed by atoms with Gasteiger partial charge < -0.3 is 5.32 Å². The molecule has 2 aromatic rings. The predicted octanol–water partition coefficient (Wildman–Crippen LogP) is 4.87. The van der Waals surface area contributed by atoms with E-state index in [0.717, 1.165) is 25.3 Å². The number of rotatable bonds is 3. The molecule has 0 aliphatic heterocycles. The van der Waals surface area contributed by atoms with E-state index in [0.29, 0.717) is 6.54 Å². The maximum atomic E-state index is 5.92. The Morgan fingerprint density at radius 1 is 1.24 bits per heavy atom. The van der Waals surface area contributed by atoms with Gasteiger partial charge in [0.1, 0.15) is 5.82 Å². The lowest BCUT2D eigenvalue weighted by molar-refractivity contribution is 1.10. The first-order valence-electron chi connectivity index (χ1n) is 4.94. The summed E-state index contributed by atoms with van der Waals surface area (Å²) >= 11 is 12.7. The van der Waals surface area contributed by atoms with E-state index in [1.54, 1.807) is 6.20 Å². The Hall–Kier alpha value is -0.580. The van der Waals surface area contributed by atoms with E-state index >= 15 is 0 Å². The van der Waals surface area contributed by atoms with Crippen LogP contribution in [0.25, 0.3) is 0 Å². The van der Waals surface area contributed by atoms with Crippen LogP contribution in [0.5, 0.6) is 0 Å². The lowest BCUT2D eigenvalue weighted by atomic mass is 10.2. The second-order valence-corrected chi connectivity index (χ2v) is 5.67. The predicted molar refractivity (Wildman–Crippen MR) is 78.4 cm³/mol. The van der Waals surface area contributed by atoms with E-state index in [4.69, 9.17) is 11.6 Å². The molecule has 0 fully saturated rings. The number of pyridine rings is 1. The van der Waals surface area contributed by atoms with Crippen molar-refractivity contribution < 1.29 is 0 Å². The lowest BCUT2D eigenvalue weighted by Crippen LogP contribution is -2.01. The van der Waals surface area contributed by atoms with Crippen LogP contribution >= 0.6 is 43.5 Å². The van der Waals surface area contributed by atoms with Crippen molar-refractivity contribution in [2.75, 3.05) is 5.32 Å². The molecule has 1 aromatic carbocycles. The third-order valence-corrected chi connectivity index (χ3v) is 3.43. The zero-order chi connectivity index (χ0) is 12.3. The van der Waals surface area contributed by atoms with Crippen molar-refractivity contribution in [2.45, 2.75) is 6.54 Å². The van der Waals surface area contributed by atoms with Crippen LogP contribution in [0.15, 0.2) is 45.5 Å². The van der Waals surface area contributed by atoms with Gasteiger partial charge in [-0.05, 0) is 55.6 Å². The van der Waals surface area contributed by atoms with Crippen LogP contribution < -0.4 is 5.32 Å². The quantitative estimate of drug-likeness (QED) is 0.826.